The molecule has 4 rings (SSSR count). The van der Waals surface area contributed by atoms with Crippen molar-refractivity contribution in [1.29, 1.82) is 0 Å². The average molecular weight is 397 g/mol. The Morgan fingerprint density at radius 1 is 1.17 bits per heavy atom. The van der Waals surface area contributed by atoms with E-state index in [1.165, 1.54) is 16.8 Å². The van der Waals surface area contributed by atoms with Crippen molar-refractivity contribution < 1.29 is 9.53 Å². The van der Waals surface area contributed by atoms with E-state index in [1.54, 1.807) is 0 Å². The maximum Gasteiger partial charge on any atom is 0.231 e. The molecule has 1 spiro atoms. The number of carbonyl (C=O) groups excluding carboxylic acids is 1. The van der Waals surface area contributed by atoms with Crippen molar-refractivity contribution in [3.05, 3.63) is 47.3 Å². The molecular weight excluding hydrogens is 364 g/mol. The fourth-order valence-corrected chi connectivity index (χ4v) is 4.13. The van der Waals surface area contributed by atoms with Gasteiger partial charge in [0.1, 0.15) is 12.4 Å². The Labute approximate surface area is 173 Å². The predicted molar refractivity (Wildman–Crippen MR) is 113 cm³/mol. The molecule has 1 fully saturated rings. The van der Waals surface area contributed by atoms with Crippen molar-refractivity contribution in [3.8, 4) is 5.75 Å². The van der Waals surface area contributed by atoms with Crippen molar-refractivity contribution >= 4 is 5.91 Å². The van der Waals surface area contributed by atoms with Crippen LogP contribution in [0, 0.1) is 12.3 Å². The quantitative estimate of drug-likeness (QED) is 0.783. The summed E-state index contributed by atoms with van der Waals surface area (Å²) in [5, 5.41) is 4.40. The summed E-state index contributed by atoms with van der Waals surface area (Å²) >= 11 is 0. The summed E-state index contributed by atoms with van der Waals surface area (Å²) in [5.74, 6) is 1.10. The highest BCUT2D eigenvalue weighted by Gasteiger charge is 2.52. The third kappa shape index (κ3) is 4.47. The Bertz CT molecular complexity index is 872. The van der Waals surface area contributed by atoms with Gasteiger partial charge in [-0.15, -0.1) is 0 Å². The fraction of sp³-hybridized carbons (Fsp3) is 0.565. The summed E-state index contributed by atoms with van der Waals surface area (Å²) in [6.07, 6.45) is 5.94. The highest BCUT2D eigenvalue weighted by Crippen LogP contribution is 2.47. The number of aromatic nitrogens is 2. The molecule has 2 bridgehead atoms. The summed E-state index contributed by atoms with van der Waals surface area (Å²) in [5.41, 5.74) is 3.43. The van der Waals surface area contributed by atoms with E-state index in [1.807, 2.05) is 35.9 Å². The van der Waals surface area contributed by atoms with Gasteiger partial charge in [-0.2, -0.15) is 5.10 Å². The zero-order chi connectivity index (χ0) is 20.4. The minimum absolute atomic E-state index is 0.244. The predicted octanol–water partition coefficient (Wildman–Crippen LogP) is 3.14. The van der Waals surface area contributed by atoms with Crippen molar-refractivity contribution in [3.63, 3.8) is 0 Å². The molecule has 2 aromatic rings. The van der Waals surface area contributed by atoms with E-state index < -0.39 is 0 Å². The van der Waals surface area contributed by atoms with Crippen LogP contribution in [0.3, 0.4) is 0 Å². The zero-order valence-corrected chi connectivity index (χ0v) is 17.9. The van der Waals surface area contributed by atoms with Gasteiger partial charge in [0, 0.05) is 45.0 Å². The van der Waals surface area contributed by atoms with Crippen molar-refractivity contribution in [2.24, 2.45) is 12.5 Å². The lowest BCUT2D eigenvalue weighted by Gasteiger charge is -2.26. The molecule has 156 valence electrons. The van der Waals surface area contributed by atoms with Gasteiger partial charge < -0.3 is 9.64 Å². The number of amides is 1. The summed E-state index contributed by atoms with van der Waals surface area (Å²) in [6, 6.07) is 8.33. The summed E-state index contributed by atoms with van der Waals surface area (Å²) in [6.45, 7) is 6.17. The third-order valence-electron chi connectivity index (χ3n) is 6.42. The molecular formula is C23H32N4O2. The van der Waals surface area contributed by atoms with Crippen LogP contribution in [0.5, 0.6) is 5.75 Å². The molecule has 2 heterocycles. The molecule has 6 nitrogen and oxygen atoms in total. The van der Waals surface area contributed by atoms with E-state index in [4.69, 9.17) is 4.74 Å². The lowest BCUT2D eigenvalue weighted by atomic mass is 10.1. The van der Waals surface area contributed by atoms with Crippen LogP contribution in [0.4, 0.5) is 0 Å². The van der Waals surface area contributed by atoms with Crippen LogP contribution in [-0.4, -0.2) is 52.2 Å². The van der Waals surface area contributed by atoms with Gasteiger partial charge in [0.25, 0.3) is 0 Å². The van der Waals surface area contributed by atoms with Gasteiger partial charge in [-0.25, -0.2) is 0 Å². The highest BCUT2D eigenvalue weighted by atomic mass is 16.5. The molecule has 1 amide bonds. The third-order valence-corrected chi connectivity index (χ3v) is 6.42. The normalized spacial score (nSPS) is 20.4. The standard InChI is InChI=1S/C23H32N4O2/c1-18-20(14-24-26(18)3)16-27-12-5-4-11-25(2)22(28)23(9-10-23)17-29-21-8-6-7-19(13-21)15-27/h6-8,13-14H,4-5,9-12,15-17H2,1-3H3. The molecule has 0 saturated heterocycles. The van der Waals surface area contributed by atoms with Crippen molar-refractivity contribution in [2.45, 2.75) is 45.7 Å². The lowest BCUT2D eigenvalue weighted by molar-refractivity contribution is -0.136. The van der Waals surface area contributed by atoms with Crippen LogP contribution in [0.1, 0.15) is 42.5 Å². The molecule has 0 unspecified atom stereocenters. The molecule has 0 atom stereocenters. The molecule has 1 saturated carbocycles. The van der Waals surface area contributed by atoms with Gasteiger partial charge in [0.15, 0.2) is 0 Å². The number of fused-ring (bicyclic) bond motifs is 2. The van der Waals surface area contributed by atoms with E-state index >= 15 is 0 Å². The number of aryl methyl sites for hydroxylation is 1. The zero-order valence-electron chi connectivity index (χ0n) is 17.9. The molecule has 6 heteroatoms. The van der Waals surface area contributed by atoms with Crippen LogP contribution >= 0.6 is 0 Å². The number of ether oxygens (including phenoxy) is 1. The van der Waals surface area contributed by atoms with E-state index in [9.17, 15) is 4.79 Å². The first-order valence-corrected chi connectivity index (χ1v) is 10.6. The van der Waals surface area contributed by atoms with E-state index in [0.717, 1.165) is 57.6 Å². The second-order valence-electron chi connectivity index (χ2n) is 8.74. The Kier molecular flexibility index (Phi) is 5.63. The van der Waals surface area contributed by atoms with Gasteiger partial charge in [0.2, 0.25) is 5.91 Å². The number of nitrogens with zero attached hydrogens (tertiary/aromatic N) is 4. The minimum Gasteiger partial charge on any atom is -0.492 e. The van der Waals surface area contributed by atoms with E-state index in [0.29, 0.717) is 6.61 Å². The second-order valence-corrected chi connectivity index (χ2v) is 8.74. The smallest absolute Gasteiger partial charge is 0.231 e. The van der Waals surface area contributed by atoms with Gasteiger partial charge in [0.05, 0.1) is 11.6 Å². The number of benzene rings is 1. The van der Waals surface area contributed by atoms with Gasteiger partial charge >= 0.3 is 0 Å². The van der Waals surface area contributed by atoms with Crippen LogP contribution < -0.4 is 4.74 Å². The molecule has 2 aliphatic rings. The number of hydrogen-bond acceptors (Lipinski definition) is 4. The molecule has 1 aliphatic carbocycles. The van der Waals surface area contributed by atoms with Crippen molar-refractivity contribution in [2.75, 3.05) is 26.7 Å². The van der Waals surface area contributed by atoms with Gasteiger partial charge in [-0.05, 0) is 56.8 Å². The summed E-state index contributed by atoms with van der Waals surface area (Å²) < 4.78 is 8.02. The lowest BCUT2D eigenvalue weighted by Crippen LogP contribution is -2.38. The Balaban J connectivity index is 1.54. The molecule has 0 N–H and O–H groups in total. The van der Waals surface area contributed by atoms with E-state index in [2.05, 4.69) is 35.1 Å². The number of hydrogen-bond donors (Lipinski definition) is 0. The van der Waals surface area contributed by atoms with Crippen LogP contribution in [0.25, 0.3) is 0 Å². The maximum absolute atomic E-state index is 12.9. The Morgan fingerprint density at radius 2 is 1.97 bits per heavy atom. The average Bonchev–Trinajstić information content (AvgIpc) is 3.45. The SMILES string of the molecule is Cc1c(CN2CCCCN(C)C(=O)C3(CC3)COc3cccc(c3)C2)cnn1C. The molecule has 0 radical (unpaired) electrons. The second kappa shape index (κ2) is 8.19. The van der Waals surface area contributed by atoms with Crippen LogP contribution in [0.15, 0.2) is 30.5 Å². The van der Waals surface area contributed by atoms with Gasteiger partial charge in [-0.1, -0.05) is 12.1 Å². The summed E-state index contributed by atoms with van der Waals surface area (Å²) in [7, 11) is 3.92. The summed E-state index contributed by atoms with van der Waals surface area (Å²) in [4.78, 5) is 17.3. The first kappa shape index (κ1) is 20.0. The van der Waals surface area contributed by atoms with Crippen molar-refractivity contribution in [1.82, 2.24) is 19.6 Å². The minimum atomic E-state index is -0.293. The largest absolute Gasteiger partial charge is 0.492 e. The highest BCUT2D eigenvalue weighted by molar-refractivity contribution is 5.85. The fourth-order valence-electron chi connectivity index (χ4n) is 4.13. The van der Waals surface area contributed by atoms with E-state index in [-0.39, 0.29) is 11.3 Å². The number of rotatable bonds is 2. The molecule has 1 aromatic carbocycles. The van der Waals surface area contributed by atoms with Crippen LogP contribution in [-0.2, 0) is 24.9 Å². The topological polar surface area (TPSA) is 50.6 Å². The number of carbonyl (C=O) groups is 1. The Hall–Kier alpha value is -2.34. The monoisotopic (exact) mass is 396 g/mol. The first-order valence-electron chi connectivity index (χ1n) is 10.6. The maximum atomic E-state index is 12.9. The molecule has 1 aliphatic heterocycles. The van der Waals surface area contributed by atoms with Gasteiger partial charge in [-0.3, -0.25) is 14.4 Å². The Morgan fingerprint density at radius 3 is 2.69 bits per heavy atom. The molecule has 1 aromatic heterocycles. The molecule has 29 heavy (non-hydrogen) atoms. The van der Waals surface area contributed by atoms with Crippen LogP contribution in [0.2, 0.25) is 0 Å². The first-order chi connectivity index (χ1) is 14.0.